The summed E-state index contributed by atoms with van der Waals surface area (Å²) in [5.74, 6) is 1.95. The maximum atomic E-state index is 12.2. The molecule has 3 unspecified atom stereocenters. The second-order valence-electron chi connectivity index (χ2n) is 4.41. The van der Waals surface area contributed by atoms with Gasteiger partial charge < -0.3 is 10.4 Å². The number of carbonyl (C=O) groups is 2. The summed E-state index contributed by atoms with van der Waals surface area (Å²) in [5, 5.41) is 11.8. The van der Waals surface area contributed by atoms with Crippen molar-refractivity contribution in [2.24, 2.45) is 0 Å². The lowest BCUT2D eigenvalue weighted by Crippen LogP contribution is -2.52. The van der Waals surface area contributed by atoms with Crippen LogP contribution in [0.2, 0.25) is 0 Å². The number of carboxylic acid groups (broad SMARTS) is 1. The van der Waals surface area contributed by atoms with E-state index in [-0.39, 0.29) is 17.4 Å². The van der Waals surface area contributed by atoms with E-state index < -0.39 is 12.0 Å². The SMILES string of the molecule is C#CC(CC)NC(=O)N1C(CCC)SCC1C(=O)O. The number of hydrogen-bond donors (Lipinski definition) is 2. The third kappa shape index (κ3) is 3.80. The van der Waals surface area contributed by atoms with Crippen LogP contribution in [0.3, 0.4) is 0 Å². The van der Waals surface area contributed by atoms with Crippen LogP contribution in [-0.2, 0) is 4.79 Å². The molecule has 2 amide bonds. The first kappa shape index (κ1) is 15.7. The van der Waals surface area contributed by atoms with Crippen molar-refractivity contribution in [3.63, 3.8) is 0 Å². The summed E-state index contributed by atoms with van der Waals surface area (Å²) in [6.07, 6.45) is 7.63. The molecule has 0 saturated carbocycles. The van der Waals surface area contributed by atoms with Crippen molar-refractivity contribution in [1.82, 2.24) is 10.2 Å². The van der Waals surface area contributed by atoms with Gasteiger partial charge in [-0.1, -0.05) is 26.2 Å². The van der Waals surface area contributed by atoms with Crippen LogP contribution in [0.1, 0.15) is 33.1 Å². The summed E-state index contributed by atoms with van der Waals surface area (Å²) in [4.78, 5) is 24.9. The summed E-state index contributed by atoms with van der Waals surface area (Å²) in [5.41, 5.74) is 0. The molecule has 1 rings (SSSR count). The topological polar surface area (TPSA) is 69.6 Å². The number of nitrogens with one attached hydrogen (secondary N) is 1. The maximum absolute atomic E-state index is 12.2. The highest BCUT2D eigenvalue weighted by molar-refractivity contribution is 8.00. The van der Waals surface area contributed by atoms with E-state index in [2.05, 4.69) is 11.2 Å². The van der Waals surface area contributed by atoms with Gasteiger partial charge in [-0.3, -0.25) is 4.90 Å². The monoisotopic (exact) mass is 284 g/mol. The van der Waals surface area contributed by atoms with E-state index >= 15 is 0 Å². The van der Waals surface area contributed by atoms with Gasteiger partial charge in [-0.25, -0.2) is 9.59 Å². The molecule has 0 bridgehead atoms. The Hall–Kier alpha value is -1.35. The van der Waals surface area contributed by atoms with Gasteiger partial charge in [-0.05, 0) is 12.8 Å². The number of urea groups is 1. The lowest BCUT2D eigenvalue weighted by Gasteiger charge is -2.28. The van der Waals surface area contributed by atoms with Crippen LogP contribution < -0.4 is 5.32 Å². The normalized spacial score (nSPS) is 23.7. The van der Waals surface area contributed by atoms with Gasteiger partial charge in [0.25, 0.3) is 0 Å². The Balaban J connectivity index is 2.80. The average molecular weight is 284 g/mol. The minimum atomic E-state index is -0.963. The Labute approximate surface area is 118 Å². The largest absolute Gasteiger partial charge is 0.480 e. The summed E-state index contributed by atoms with van der Waals surface area (Å²) in [6, 6.07) is -1.49. The van der Waals surface area contributed by atoms with E-state index in [0.29, 0.717) is 12.2 Å². The molecular weight excluding hydrogens is 264 g/mol. The Morgan fingerprint density at radius 1 is 1.58 bits per heavy atom. The fourth-order valence-electron chi connectivity index (χ4n) is 1.98. The zero-order valence-electron chi connectivity index (χ0n) is 11.3. The number of rotatable bonds is 5. The quantitative estimate of drug-likeness (QED) is 0.754. The molecule has 3 atom stereocenters. The molecule has 0 aromatic carbocycles. The summed E-state index contributed by atoms with van der Waals surface area (Å²) >= 11 is 1.51. The summed E-state index contributed by atoms with van der Waals surface area (Å²) < 4.78 is 0. The van der Waals surface area contributed by atoms with Gasteiger partial charge in [-0.2, -0.15) is 0 Å². The minimum Gasteiger partial charge on any atom is -0.480 e. The Morgan fingerprint density at radius 3 is 2.74 bits per heavy atom. The molecule has 1 heterocycles. The molecule has 1 fully saturated rings. The van der Waals surface area contributed by atoms with Crippen molar-refractivity contribution >= 4 is 23.8 Å². The third-order valence-electron chi connectivity index (χ3n) is 3.05. The molecule has 6 heteroatoms. The lowest BCUT2D eigenvalue weighted by molar-refractivity contribution is -0.141. The smallest absolute Gasteiger partial charge is 0.327 e. The maximum Gasteiger partial charge on any atom is 0.327 e. The predicted molar refractivity (Wildman–Crippen MR) is 75.9 cm³/mol. The number of carboxylic acids is 1. The second-order valence-corrected chi connectivity index (χ2v) is 5.63. The van der Waals surface area contributed by atoms with Gasteiger partial charge in [0.15, 0.2) is 0 Å². The lowest BCUT2D eigenvalue weighted by atomic mass is 10.2. The fourth-order valence-corrected chi connectivity index (χ4v) is 3.49. The van der Waals surface area contributed by atoms with Crippen LogP contribution in [0.25, 0.3) is 0 Å². The Kier molecular flexibility index (Phi) is 6.03. The highest BCUT2D eigenvalue weighted by Crippen LogP contribution is 2.32. The molecule has 0 spiro atoms. The highest BCUT2D eigenvalue weighted by atomic mass is 32.2. The standard InChI is InChI=1S/C13H20N2O3S/c1-4-7-11-15(10(8-19-11)12(16)17)13(18)14-9(5-2)6-3/h2,9-11H,4,6-8H2,1,3H3,(H,14,18)(H,16,17). The number of thioether (sulfide) groups is 1. The first-order valence-corrected chi connectivity index (χ1v) is 7.49. The van der Waals surface area contributed by atoms with Gasteiger partial charge in [-0.15, -0.1) is 18.2 Å². The number of terminal acetylenes is 1. The zero-order valence-corrected chi connectivity index (χ0v) is 12.1. The molecule has 1 aliphatic heterocycles. The van der Waals surface area contributed by atoms with Gasteiger partial charge in [0.2, 0.25) is 0 Å². The van der Waals surface area contributed by atoms with Crippen molar-refractivity contribution in [2.45, 2.75) is 50.6 Å². The first-order valence-electron chi connectivity index (χ1n) is 6.44. The van der Waals surface area contributed by atoms with Crippen molar-refractivity contribution in [2.75, 3.05) is 5.75 Å². The van der Waals surface area contributed by atoms with E-state index in [1.807, 2.05) is 13.8 Å². The third-order valence-corrected chi connectivity index (χ3v) is 4.41. The fraction of sp³-hybridized carbons (Fsp3) is 0.692. The molecule has 1 saturated heterocycles. The molecule has 0 aliphatic carbocycles. The Bertz CT molecular complexity index is 381. The van der Waals surface area contributed by atoms with Gasteiger partial charge >= 0.3 is 12.0 Å². The van der Waals surface area contributed by atoms with Gasteiger partial charge in [0.05, 0.1) is 11.4 Å². The molecule has 19 heavy (non-hydrogen) atoms. The van der Waals surface area contributed by atoms with Gasteiger partial charge in [0.1, 0.15) is 6.04 Å². The zero-order chi connectivity index (χ0) is 14.4. The van der Waals surface area contributed by atoms with E-state index in [1.54, 1.807) is 0 Å². The number of aliphatic carboxylic acids is 1. The van der Waals surface area contributed by atoms with Crippen molar-refractivity contribution in [3.8, 4) is 12.3 Å². The van der Waals surface area contributed by atoms with E-state index in [1.165, 1.54) is 16.7 Å². The first-order chi connectivity index (χ1) is 9.04. The van der Waals surface area contributed by atoms with Crippen LogP contribution in [-0.4, -0.2) is 45.2 Å². The van der Waals surface area contributed by atoms with Crippen LogP contribution in [0.5, 0.6) is 0 Å². The molecule has 1 aliphatic rings. The van der Waals surface area contributed by atoms with E-state index in [9.17, 15) is 14.7 Å². The highest BCUT2D eigenvalue weighted by Gasteiger charge is 2.41. The number of nitrogens with zero attached hydrogens (tertiary/aromatic N) is 1. The molecule has 0 radical (unpaired) electrons. The number of amides is 2. The van der Waals surface area contributed by atoms with Crippen molar-refractivity contribution < 1.29 is 14.7 Å². The average Bonchev–Trinajstić information content (AvgIpc) is 2.80. The van der Waals surface area contributed by atoms with Crippen LogP contribution in [0.15, 0.2) is 0 Å². The second kappa shape index (κ2) is 7.29. The summed E-state index contributed by atoms with van der Waals surface area (Å²) in [7, 11) is 0. The van der Waals surface area contributed by atoms with Crippen LogP contribution in [0.4, 0.5) is 4.79 Å². The molecule has 106 valence electrons. The van der Waals surface area contributed by atoms with Gasteiger partial charge in [0, 0.05) is 5.75 Å². The molecular formula is C13H20N2O3S. The van der Waals surface area contributed by atoms with E-state index in [4.69, 9.17) is 6.42 Å². The predicted octanol–water partition coefficient (Wildman–Crippen LogP) is 1.74. The number of carbonyl (C=O) groups excluding carboxylic acids is 1. The minimum absolute atomic E-state index is 0.0821. The molecule has 5 nitrogen and oxygen atoms in total. The Morgan fingerprint density at radius 2 is 2.26 bits per heavy atom. The molecule has 2 N–H and O–H groups in total. The van der Waals surface area contributed by atoms with Crippen LogP contribution >= 0.6 is 11.8 Å². The molecule has 0 aromatic heterocycles. The summed E-state index contributed by atoms with van der Waals surface area (Å²) in [6.45, 7) is 3.89. The van der Waals surface area contributed by atoms with Crippen molar-refractivity contribution in [1.29, 1.82) is 0 Å². The van der Waals surface area contributed by atoms with Crippen LogP contribution in [0, 0.1) is 12.3 Å². The van der Waals surface area contributed by atoms with Crippen molar-refractivity contribution in [3.05, 3.63) is 0 Å². The van der Waals surface area contributed by atoms with E-state index in [0.717, 1.165) is 12.8 Å². The number of hydrogen-bond acceptors (Lipinski definition) is 3. The molecule has 0 aromatic rings.